The number of halogens is 1. The van der Waals surface area contributed by atoms with Crippen LogP contribution in [-0.4, -0.2) is 18.8 Å². The predicted octanol–water partition coefficient (Wildman–Crippen LogP) is 2.27. The number of hydrogen-bond donors (Lipinski definition) is 1. The SMILES string of the molecule is CC1(C)OCCNC1c1cccc(F)c1. The fourth-order valence-corrected chi connectivity index (χ4v) is 2.05. The first-order valence-corrected chi connectivity index (χ1v) is 5.22. The molecule has 0 saturated carbocycles. The maximum atomic E-state index is 13.1. The van der Waals surface area contributed by atoms with Crippen molar-refractivity contribution in [2.45, 2.75) is 25.5 Å². The van der Waals surface area contributed by atoms with Gasteiger partial charge in [-0.2, -0.15) is 0 Å². The summed E-state index contributed by atoms with van der Waals surface area (Å²) < 4.78 is 18.8. The second-order valence-corrected chi connectivity index (χ2v) is 4.39. The Bertz CT molecular complexity index is 351. The van der Waals surface area contributed by atoms with Gasteiger partial charge in [0.05, 0.1) is 18.2 Å². The maximum absolute atomic E-state index is 13.1. The number of rotatable bonds is 1. The van der Waals surface area contributed by atoms with E-state index in [1.54, 1.807) is 12.1 Å². The molecule has 0 spiro atoms. The molecule has 0 bridgehead atoms. The van der Waals surface area contributed by atoms with Crippen LogP contribution in [0, 0.1) is 5.82 Å². The van der Waals surface area contributed by atoms with Crippen molar-refractivity contribution < 1.29 is 9.13 Å². The molecule has 1 fully saturated rings. The summed E-state index contributed by atoms with van der Waals surface area (Å²) in [5.41, 5.74) is 0.658. The van der Waals surface area contributed by atoms with Gasteiger partial charge in [0.2, 0.25) is 0 Å². The number of hydrogen-bond acceptors (Lipinski definition) is 2. The van der Waals surface area contributed by atoms with Crippen LogP contribution in [-0.2, 0) is 4.74 Å². The zero-order valence-corrected chi connectivity index (χ0v) is 9.09. The van der Waals surface area contributed by atoms with Crippen LogP contribution in [0.5, 0.6) is 0 Å². The van der Waals surface area contributed by atoms with Crippen molar-refractivity contribution in [3.8, 4) is 0 Å². The van der Waals surface area contributed by atoms with Crippen molar-refractivity contribution in [3.63, 3.8) is 0 Å². The standard InChI is InChI=1S/C12H16FNO/c1-12(2)11(14-6-7-15-12)9-4-3-5-10(13)8-9/h3-5,8,11,14H,6-7H2,1-2H3. The largest absolute Gasteiger partial charge is 0.372 e. The molecule has 0 amide bonds. The highest BCUT2D eigenvalue weighted by Crippen LogP contribution is 2.31. The van der Waals surface area contributed by atoms with Crippen LogP contribution in [0.2, 0.25) is 0 Å². The molecule has 3 heteroatoms. The molecule has 82 valence electrons. The Morgan fingerprint density at radius 3 is 2.93 bits per heavy atom. The van der Waals surface area contributed by atoms with Gasteiger partial charge < -0.3 is 10.1 Å². The predicted molar refractivity (Wildman–Crippen MR) is 57.2 cm³/mol. The van der Waals surface area contributed by atoms with Crippen molar-refractivity contribution in [2.75, 3.05) is 13.2 Å². The Labute approximate surface area is 89.4 Å². The molecule has 2 rings (SSSR count). The molecule has 1 unspecified atom stereocenters. The summed E-state index contributed by atoms with van der Waals surface area (Å²) in [6.07, 6.45) is 0. The summed E-state index contributed by atoms with van der Waals surface area (Å²) in [5.74, 6) is -0.198. The van der Waals surface area contributed by atoms with Gasteiger partial charge in [-0.15, -0.1) is 0 Å². The van der Waals surface area contributed by atoms with Crippen LogP contribution in [0.1, 0.15) is 25.5 Å². The van der Waals surface area contributed by atoms with E-state index in [0.717, 1.165) is 12.1 Å². The van der Waals surface area contributed by atoms with E-state index in [2.05, 4.69) is 5.32 Å². The van der Waals surface area contributed by atoms with E-state index >= 15 is 0 Å². The molecule has 1 aromatic rings. The summed E-state index contributed by atoms with van der Waals surface area (Å²) >= 11 is 0. The summed E-state index contributed by atoms with van der Waals surface area (Å²) in [6, 6.07) is 6.74. The van der Waals surface area contributed by atoms with E-state index in [4.69, 9.17) is 4.74 Å². The molecule has 1 N–H and O–H groups in total. The Morgan fingerprint density at radius 1 is 1.47 bits per heavy atom. The molecule has 0 radical (unpaired) electrons. The monoisotopic (exact) mass is 209 g/mol. The van der Waals surface area contributed by atoms with E-state index in [0.29, 0.717) is 6.61 Å². The van der Waals surface area contributed by atoms with Gasteiger partial charge in [0.1, 0.15) is 5.82 Å². The lowest BCUT2D eigenvalue weighted by Gasteiger charge is -2.39. The zero-order valence-electron chi connectivity index (χ0n) is 9.09. The molecule has 2 nitrogen and oxygen atoms in total. The summed E-state index contributed by atoms with van der Waals surface area (Å²) in [7, 11) is 0. The average molecular weight is 209 g/mol. The molecule has 1 saturated heterocycles. The molecule has 1 aliphatic heterocycles. The molecule has 15 heavy (non-hydrogen) atoms. The Hall–Kier alpha value is -0.930. The van der Waals surface area contributed by atoms with Gasteiger partial charge in [0.25, 0.3) is 0 Å². The summed E-state index contributed by atoms with van der Waals surface area (Å²) in [6.45, 7) is 5.56. The van der Waals surface area contributed by atoms with Crippen molar-refractivity contribution >= 4 is 0 Å². The fraction of sp³-hybridized carbons (Fsp3) is 0.500. The molecule has 1 aromatic carbocycles. The van der Waals surface area contributed by atoms with Crippen LogP contribution in [0.3, 0.4) is 0 Å². The highest BCUT2D eigenvalue weighted by molar-refractivity contribution is 5.23. The number of nitrogens with one attached hydrogen (secondary N) is 1. The lowest BCUT2D eigenvalue weighted by molar-refractivity contribution is -0.0722. The number of ether oxygens (including phenoxy) is 1. The Kier molecular flexibility index (Phi) is 2.76. The van der Waals surface area contributed by atoms with Crippen molar-refractivity contribution in [1.29, 1.82) is 0 Å². The van der Waals surface area contributed by atoms with Crippen LogP contribution in [0.25, 0.3) is 0 Å². The third-order valence-electron chi connectivity index (χ3n) is 2.80. The molecule has 0 aromatic heterocycles. The van der Waals surface area contributed by atoms with Crippen molar-refractivity contribution in [1.82, 2.24) is 5.32 Å². The van der Waals surface area contributed by atoms with Crippen LogP contribution >= 0.6 is 0 Å². The second-order valence-electron chi connectivity index (χ2n) is 4.39. The van der Waals surface area contributed by atoms with Crippen molar-refractivity contribution in [3.05, 3.63) is 35.6 Å². The minimum Gasteiger partial charge on any atom is -0.372 e. The minimum absolute atomic E-state index is 0.0574. The normalized spacial score (nSPS) is 25.1. The lowest BCUT2D eigenvalue weighted by Crippen LogP contribution is -2.48. The smallest absolute Gasteiger partial charge is 0.123 e. The van der Waals surface area contributed by atoms with Crippen molar-refractivity contribution in [2.24, 2.45) is 0 Å². The molecule has 1 aliphatic rings. The fourth-order valence-electron chi connectivity index (χ4n) is 2.05. The van der Waals surface area contributed by atoms with Crippen LogP contribution < -0.4 is 5.32 Å². The Balaban J connectivity index is 2.29. The lowest BCUT2D eigenvalue weighted by atomic mass is 9.90. The Morgan fingerprint density at radius 2 is 2.27 bits per heavy atom. The van der Waals surface area contributed by atoms with Gasteiger partial charge in [0.15, 0.2) is 0 Å². The third-order valence-corrected chi connectivity index (χ3v) is 2.80. The highest BCUT2D eigenvalue weighted by atomic mass is 19.1. The maximum Gasteiger partial charge on any atom is 0.123 e. The minimum atomic E-state index is -0.286. The zero-order chi connectivity index (χ0) is 10.9. The first kappa shape index (κ1) is 10.6. The molecule has 1 heterocycles. The molecule has 1 atom stereocenters. The van der Waals surface area contributed by atoms with E-state index in [1.165, 1.54) is 6.07 Å². The van der Waals surface area contributed by atoms with Gasteiger partial charge >= 0.3 is 0 Å². The first-order chi connectivity index (χ1) is 7.09. The average Bonchev–Trinajstić information content (AvgIpc) is 2.17. The number of benzene rings is 1. The summed E-state index contributed by atoms with van der Waals surface area (Å²) in [4.78, 5) is 0. The quantitative estimate of drug-likeness (QED) is 0.766. The summed E-state index contributed by atoms with van der Waals surface area (Å²) in [5, 5.41) is 3.36. The van der Waals surface area contributed by atoms with E-state index in [-0.39, 0.29) is 17.5 Å². The van der Waals surface area contributed by atoms with E-state index < -0.39 is 0 Å². The van der Waals surface area contributed by atoms with Crippen LogP contribution in [0.15, 0.2) is 24.3 Å². The van der Waals surface area contributed by atoms with Gasteiger partial charge in [0, 0.05) is 6.54 Å². The van der Waals surface area contributed by atoms with E-state index in [1.807, 2.05) is 19.9 Å². The molecular formula is C12H16FNO. The highest BCUT2D eigenvalue weighted by Gasteiger charge is 2.34. The van der Waals surface area contributed by atoms with Gasteiger partial charge in [-0.1, -0.05) is 12.1 Å². The molecular weight excluding hydrogens is 193 g/mol. The molecule has 0 aliphatic carbocycles. The topological polar surface area (TPSA) is 21.3 Å². The first-order valence-electron chi connectivity index (χ1n) is 5.22. The number of morpholine rings is 1. The van der Waals surface area contributed by atoms with Gasteiger partial charge in [-0.25, -0.2) is 4.39 Å². The third kappa shape index (κ3) is 2.19. The van der Waals surface area contributed by atoms with E-state index in [9.17, 15) is 4.39 Å². The second kappa shape index (κ2) is 3.91. The van der Waals surface area contributed by atoms with Gasteiger partial charge in [-0.3, -0.25) is 0 Å². The van der Waals surface area contributed by atoms with Crippen LogP contribution in [0.4, 0.5) is 4.39 Å². The van der Waals surface area contributed by atoms with Gasteiger partial charge in [-0.05, 0) is 31.5 Å².